The Morgan fingerprint density at radius 3 is 2.37 bits per heavy atom. The number of anilines is 1. The number of aryl methyl sites for hydroxylation is 3. The molecule has 3 rings (SSSR count). The highest BCUT2D eigenvalue weighted by Crippen LogP contribution is 2.15. The average molecular weight is 379 g/mol. The number of nitrogens with one attached hydrogen (secondary N) is 1. The molecule has 1 amide bonds. The molecule has 1 aromatic heterocycles. The molecule has 0 aliphatic heterocycles. The molecule has 0 bridgehead atoms. The molecular formula is C21H21N3O2S. The number of hydrogen-bond acceptors (Lipinski definition) is 4. The van der Waals surface area contributed by atoms with E-state index >= 15 is 0 Å². The zero-order valence-corrected chi connectivity index (χ0v) is 16.3. The Morgan fingerprint density at radius 1 is 1.04 bits per heavy atom. The second-order valence-corrected chi connectivity index (χ2v) is 7.42. The molecule has 0 unspecified atom stereocenters. The van der Waals surface area contributed by atoms with Crippen LogP contribution < -0.4 is 10.9 Å². The van der Waals surface area contributed by atoms with Gasteiger partial charge in [-0.15, -0.1) is 0 Å². The van der Waals surface area contributed by atoms with Crippen LogP contribution in [0.25, 0.3) is 5.69 Å². The summed E-state index contributed by atoms with van der Waals surface area (Å²) < 4.78 is 1.56. The third-order valence-electron chi connectivity index (χ3n) is 3.97. The molecule has 2 aromatic carbocycles. The normalized spacial score (nSPS) is 10.6. The van der Waals surface area contributed by atoms with Crippen molar-refractivity contribution in [1.29, 1.82) is 0 Å². The van der Waals surface area contributed by atoms with Gasteiger partial charge in [-0.2, -0.15) is 0 Å². The Bertz CT molecular complexity index is 1010. The van der Waals surface area contributed by atoms with E-state index in [1.807, 2.05) is 57.2 Å². The second kappa shape index (κ2) is 8.22. The SMILES string of the molecule is Cc1ccc(NC(=O)CSc2nccn(-c3cc(C)cc(C)c3)c2=O)cc1. The van der Waals surface area contributed by atoms with Crippen molar-refractivity contribution in [1.82, 2.24) is 9.55 Å². The summed E-state index contributed by atoms with van der Waals surface area (Å²) in [7, 11) is 0. The lowest BCUT2D eigenvalue weighted by Gasteiger charge is -2.09. The topological polar surface area (TPSA) is 64.0 Å². The lowest BCUT2D eigenvalue weighted by atomic mass is 10.1. The predicted octanol–water partition coefficient (Wildman–Crippen LogP) is 3.89. The van der Waals surface area contributed by atoms with Gasteiger partial charge in [0.1, 0.15) is 0 Å². The van der Waals surface area contributed by atoms with Crippen molar-refractivity contribution in [3.05, 3.63) is 81.9 Å². The number of thioether (sulfide) groups is 1. The minimum atomic E-state index is -0.226. The molecule has 1 heterocycles. The lowest BCUT2D eigenvalue weighted by molar-refractivity contribution is -0.113. The number of rotatable bonds is 5. The number of nitrogens with zero attached hydrogens (tertiary/aromatic N) is 2. The first-order valence-corrected chi connectivity index (χ1v) is 9.56. The molecule has 0 saturated carbocycles. The summed E-state index contributed by atoms with van der Waals surface area (Å²) in [5, 5.41) is 3.13. The lowest BCUT2D eigenvalue weighted by Crippen LogP contribution is -2.22. The zero-order chi connectivity index (χ0) is 19.4. The smallest absolute Gasteiger partial charge is 0.287 e. The quantitative estimate of drug-likeness (QED) is 0.683. The molecule has 1 N–H and O–H groups in total. The zero-order valence-electron chi connectivity index (χ0n) is 15.5. The fraction of sp³-hybridized carbons (Fsp3) is 0.190. The first-order valence-electron chi connectivity index (χ1n) is 8.58. The second-order valence-electron chi connectivity index (χ2n) is 6.46. The number of hydrogen-bond donors (Lipinski definition) is 1. The summed E-state index contributed by atoms with van der Waals surface area (Å²) in [5.74, 6) is -0.0562. The molecule has 0 radical (unpaired) electrons. The Morgan fingerprint density at radius 2 is 1.70 bits per heavy atom. The van der Waals surface area contributed by atoms with Crippen LogP contribution in [0.15, 0.2) is 64.7 Å². The van der Waals surface area contributed by atoms with Gasteiger partial charge in [0.05, 0.1) is 5.75 Å². The summed E-state index contributed by atoms with van der Waals surface area (Å²) in [6.07, 6.45) is 3.23. The minimum Gasteiger partial charge on any atom is -0.325 e. The Labute approximate surface area is 162 Å². The standard InChI is InChI=1S/C21H21N3O2S/c1-14-4-6-17(7-5-14)23-19(25)13-27-20-21(26)24(9-8-22-20)18-11-15(2)10-16(3)12-18/h4-12H,13H2,1-3H3,(H,23,25). The molecule has 0 aliphatic rings. The van der Waals surface area contributed by atoms with E-state index in [4.69, 9.17) is 0 Å². The highest BCUT2D eigenvalue weighted by molar-refractivity contribution is 7.99. The maximum atomic E-state index is 12.7. The van der Waals surface area contributed by atoms with Crippen molar-refractivity contribution in [3.8, 4) is 5.69 Å². The van der Waals surface area contributed by atoms with Gasteiger partial charge >= 0.3 is 0 Å². The Kier molecular flexibility index (Phi) is 5.76. The van der Waals surface area contributed by atoms with Crippen molar-refractivity contribution in [3.63, 3.8) is 0 Å². The van der Waals surface area contributed by atoms with Crippen LogP contribution in [0.5, 0.6) is 0 Å². The summed E-state index contributed by atoms with van der Waals surface area (Å²) in [5.41, 5.74) is 4.60. The summed E-state index contributed by atoms with van der Waals surface area (Å²) in [4.78, 5) is 29.1. The van der Waals surface area contributed by atoms with Gasteiger partial charge in [-0.1, -0.05) is 35.5 Å². The highest BCUT2D eigenvalue weighted by atomic mass is 32.2. The molecule has 0 fully saturated rings. The molecule has 3 aromatic rings. The van der Waals surface area contributed by atoms with Crippen molar-refractivity contribution < 1.29 is 4.79 Å². The van der Waals surface area contributed by atoms with Crippen LogP contribution >= 0.6 is 11.8 Å². The third kappa shape index (κ3) is 4.86. The van der Waals surface area contributed by atoms with Gasteiger partial charge in [0.2, 0.25) is 5.91 Å². The van der Waals surface area contributed by atoms with Gasteiger partial charge in [-0.3, -0.25) is 14.2 Å². The van der Waals surface area contributed by atoms with Crippen molar-refractivity contribution in [2.45, 2.75) is 25.8 Å². The van der Waals surface area contributed by atoms with Gasteiger partial charge in [0.25, 0.3) is 5.56 Å². The molecule has 0 atom stereocenters. The van der Waals surface area contributed by atoms with Gasteiger partial charge in [0, 0.05) is 23.8 Å². The number of carbonyl (C=O) groups is 1. The van der Waals surface area contributed by atoms with Crippen molar-refractivity contribution >= 4 is 23.4 Å². The van der Waals surface area contributed by atoms with Gasteiger partial charge in [0.15, 0.2) is 5.03 Å². The summed E-state index contributed by atoms with van der Waals surface area (Å²) in [6, 6.07) is 13.5. The van der Waals surface area contributed by atoms with Crippen LogP contribution in [0, 0.1) is 20.8 Å². The van der Waals surface area contributed by atoms with E-state index < -0.39 is 0 Å². The van der Waals surface area contributed by atoms with Crippen LogP contribution in [-0.4, -0.2) is 21.2 Å². The average Bonchev–Trinajstić information content (AvgIpc) is 2.62. The maximum Gasteiger partial charge on any atom is 0.287 e. The molecular weight excluding hydrogens is 358 g/mol. The fourth-order valence-electron chi connectivity index (χ4n) is 2.75. The molecule has 27 heavy (non-hydrogen) atoms. The molecule has 138 valence electrons. The van der Waals surface area contributed by atoms with Crippen LogP contribution in [-0.2, 0) is 4.79 Å². The van der Waals surface area contributed by atoms with E-state index in [2.05, 4.69) is 16.4 Å². The summed E-state index contributed by atoms with van der Waals surface area (Å²) in [6.45, 7) is 5.98. The van der Waals surface area contributed by atoms with Gasteiger partial charge < -0.3 is 5.32 Å². The molecule has 0 saturated heterocycles. The molecule has 5 nitrogen and oxygen atoms in total. The van der Waals surface area contributed by atoms with Crippen molar-refractivity contribution in [2.24, 2.45) is 0 Å². The molecule has 0 aliphatic carbocycles. The van der Waals surface area contributed by atoms with Crippen LogP contribution in [0.2, 0.25) is 0 Å². The molecule has 6 heteroatoms. The summed E-state index contributed by atoms with van der Waals surface area (Å²) >= 11 is 1.14. The van der Waals surface area contributed by atoms with Gasteiger partial charge in [-0.25, -0.2) is 4.98 Å². The largest absolute Gasteiger partial charge is 0.325 e. The number of amides is 1. The van der Waals surface area contributed by atoms with Crippen LogP contribution in [0.3, 0.4) is 0 Å². The van der Waals surface area contributed by atoms with E-state index in [1.54, 1.807) is 17.0 Å². The van der Waals surface area contributed by atoms with E-state index in [-0.39, 0.29) is 17.2 Å². The van der Waals surface area contributed by atoms with E-state index in [0.29, 0.717) is 5.03 Å². The van der Waals surface area contributed by atoms with E-state index in [9.17, 15) is 9.59 Å². The maximum absolute atomic E-state index is 12.7. The van der Waals surface area contributed by atoms with Gasteiger partial charge in [-0.05, 0) is 56.2 Å². The monoisotopic (exact) mass is 379 g/mol. The van der Waals surface area contributed by atoms with E-state index in [1.165, 1.54) is 0 Å². The first-order chi connectivity index (χ1) is 12.9. The Balaban J connectivity index is 1.73. The van der Waals surface area contributed by atoms with Crippen molar-refractivity contribution in [2.75, 3.05) is 11.1 Å². The van der Waals surface area contributed by atoms with E-state index in [0.717, 1.165) is 39.8 Å². The minimum absolute atomic E-state index is 0.118. The fourth-order valence-corrected chi connectivity index (χ4v) is 3.45. The Hall–Kier alpha value is -2.86. The first kappa shape index (κ1) is 18.9. The predicted molar refractivity (Wildman–Crippen MR) is 110 cm³/mol. The molecule has 0 spiro atoms. The number of benzene rings is 2. The number of carbonyl (C=O) groups excluding carboxylic acids is 1. The van der Waals surface area contributed by atoms with Crippen LogP contribution in [0.1, 0.15) is 16.7 Å². The third-order valence-corrected chi connectivity index (χ3v) is 4.93. The van der Waals surface area contributed by atoms with Crippen LogP contribution in [0.4, 0.5) is 5.69 Å². The highest BCUT2D eigenvalue weighted by Gasteiger charge is 2.11. The number of aromatic nitrogens is 2.